The zero-order valence-electron chi connectivity index (χ0n) is 13.2. The summed E-state index contributed by atoms with van der Waals surface area (Å²) in [6.45, 7) is 7.28. The maximum absolute atomic E-state index is 11.2. The van der Waals surface area contributed by atoms with Crippen LogP contribution in [0.1, 0.15) is 32.8 Å². The quantitative estimate of drug-likeness (QED) is 0.875. The van der Waals surface area contributed by atoms with E-state index >= 15 is 0 Å². The average Bonchev–Trinajstić information content (AvgIpc) is 2.90. The molecule has 22 heavy (non-hydrogen) atoms. The van der Waals surface area contributed by atoms with Gasteiger partial charge < -0.3 is 0 Å². The fourth-order valence-electron chi connectivity index (χ4n) is 2.61. The van der Waals surface area contributed by atoms with Crippen LogP contribution in [0.4, 0.5) is 0 Å². The van der Waals surface area contributed by atoms with Crippen LogP contribution >= 0.6 is 11.6 Å². The molecule has 0 amide bonds. The third-order valence-electron chi connectivity index (χ3n) is 3.86. The van der Waals surface area contributed by atoms with Crippen molar-refractivity contribution in [3.8, 4) is 0 Å². The van der Waals surface area contributed by atoms with Crippen molar-refractivity contribution in [2.24, 2.45) is 11.8 Å². The molecule has 1 atom stereocenters. The van der Waals surface area contributed by atoms with Crippen LogP contribution in [0.25, 0.3) is 6.08 Å². The first-order chi connectivity index (χ1) is 10.5. The molecule has 0 saturated carbocycles. The number of hydrogen-bond acceptors (Lipinski definition) is 2. The monoisotopic (exact) mass is 319 g/mol. The number of halogens is 1. The SMILES string of the molecule is CC/C(=C\c1ccc(Cl)cc1)C(Cn1cnc(=O)[nH]1)C(C)C. The lowest BCUT2D eigenvalue weighted by molar-refractivity contribution is 0.363. The van der Waals surface area contributed by atoms with E-state index in [4.69, 9.17) is 11.6 Å². The molecule has 0 aliphatic carbocycles. The van der Waals surface area contributed by atoms with Crippen molar-refractivity contribution in [2.75, 3.05) is 0 Å². The van der Waals surface area contributed by atoms with Gasteiger partial charge in [-0.1, -0.05) is 56.2 Å². The van der Waals surface area contributed by atoms with E-state index in [1.54, 1.807) is 11.0 Å². The van der Waals surface area contributed by atoms with Crippen LogP contribution in [0.3, 0.4) is 0 Å². The minimum atomic E-state index is -0.303. The Morgan fingerprint density at radius 1 is 1.36 bits per heavy atom. The second-order valence-electron chi connectivity index (χ2n) is 5.79. The van der Waals surface area contributed by atoms with Crippen molar-refractivity contribution in [1.82, 2.24) is 14.8 Å². The van der Waals surface area contributed by atoms with Gasteiger partial charge in [-0.3, -0.25) is 4.68 Å². The van der Waals surface area contributed by atoms with Gasteiger partial charge in [0, 0.05) is 17.5 Å². The molecule has 0 fully saturated rings. The Morgan fingerprint density at radius 3 is 2.55 bits per heavy atom. The van der Waals surface area contributed by atoms with Gasteiger partial charge in [0.25, 0.3) is 0 Å². The summed E-state index contributed by atoms with van der Waals surface area (Å²) in [6, 6.07) is 7.85. The van der Waals surface area contributed by atoms with E-state index < -0.39 is 0 Å². The normalized spacial score (nSPS) is 13.6. The van der Waals surface area contributed by atoms with Crippen molar-refractivity contribution in [3.63, 3.8) is 0 Å². The fourth-order valence-corrected chi connectivity index (χ4v) is 2.73. The van der Waals surface area contributed by atoms with Crippen LogP contribution < -0.4 is 5.69 Å². The third-order valence-corrected chi connectivity index (χ3v) is 4.11. The van der Waals surface area contributed by atoms with Crippen LogP contribution in [0.15, 0.2) is 41.0 Å². The number of nitrogens with one attached hydrogen (secondary N) is 1. The molecule has 0 bridgehead atoms. The van der Waals surface area contributed by atoms with Crippen molar-refractivity contribution in [1.29, 1.82) is 0 Å². The van der Waals surface area contributed by atoms with E-state index in [0.29, 0.717) is 11.8 Å². The summed E-state index contributed by atoms with van der Waals surface area (Å²) < 4.78 is 1.76. The Morgan fingerprint density at radius 2 is 2.05 bits per heavy atom. The van der Waals surface area contributed by atoms with Gasteiger partial charge in [-0.05, 0) is 30.0 Å². The molecule has 1 heterocycles. The van der Waals surface area contributed by atoms with Gasteiger partial charge in [0.05, 0.1) is 0 Å². The summed E-state index contributed by atoms with van der Waals surface area (Å²) in [7, 11) is 0. The third kappa shape index (κ3) is 4.34. The smallest absolute Gasteiger partial charge is 0.272 e. The minimum Gasteiger partial charge on any atom is -0.272 e. The van der Waals surface area contributed by atoms with E-state index in [0.717, 1.165) is 23.6 Å². The van der Waals surface area contributed by atoms with E-state index in [1.165, 1.54) is 5.57 Å². The molecule has 5 heteroatoms. The Hall–Kier alpha value is -1.81. The second-order valence-corrected chi connectivity index (χ2v) is 6.23. The average molecular weight is 320 g/mol. The summed E-state index contributed by atoms with van der Waals surface area (Å²) in [5, 5.41) is 3.46. The molecular weight excluding hydrogens is 298 g/mol. The first kappa shape index (κ1) is 16.6. The Labute approximate surface area is 135 Å². The Kier molecular flexibility index (Phi) is 5.61. The lowest BCUT2D eigenvalue weighted by atomic mass is 9.85. The molecule has 118 valence electrons. The highest BCUT2D eigenvalue weighted by Gasteiger charge is 2.18. The van der Waals surface area contributed by atoms with Crippen molar-refractivity contribution in [3.05, 3.63) is 57.2 Å². The molecule has 4 nitrogen and oxygen atoms in total. The van der Waals surface area contributed by atoms with Gasteiger partial charge in [0.2, 0.25) is 0 Å². The van der Waals surface area contributed by atoms with Gasteiger partial charge in [-0.15, -0.1) is 0 Å². The largest absolute Gasteiger partial charge is 0.361 e. The zero-order chi connectivity index (χ0) is 16.1. The summed E-state index contributed by atoms with van der Waals surface area (Å²) in [6.07, 6.45) is 4.74. The molecule has 0 aliphatic rings. The predicted molar refractivity (Wildman–Crippen MR) is 90.9 cm³/mol. The van der Waals surface area contributed by atoms with Gasteiger partial charge in [0.15, 0.2) is 0 Å². The fraction of sp³-hybridized carbons (Fsp3) is 0.412. The van der Waals surface area contributed by atoms with E-state index in [1.807, 2.05) is 24.3 Å². The van der Waals surface area contributed by atoms with Crippen LogP contribution in [0.5, 0.6) is 0 Å². The Bertz CT molecular complexity index is 682. The van der Waals surface area contributed by atoms with Crippen molar-refractivity contribution >= 4 is 17.7 Å². The molecule has 2 aromatic rings. The number of H-pyrrole nitrogens is 1. The molecular formula is C17H22ClN3O. The number of rotatable bonds is 6. The summed E-state index contributed by atoms with van der Waals surface area (Å²) in [4.78, 5) is 14.9. The highest BCUT2D eigenvalue weighted by atomic mass is 35.5. The molecule has 2 rings (SSSR count). The summed E-state index contributed by atoms with van der Waals surface area (Å²) in [5.74, 6) is 0.801. The molecule has 1 N–H and O–H groups in total. The molecule has 0 aliphatic heterocycles. The van der Waals surface area contributed by atoms with E-state index in [9.17, 15) is 4.79 Å². The first-order valence-electron chi connectivity index (χ1n) is 7.57. The number of allylic oxidation sites excluding steroid dienone is 1. The standard InChI is InChI=1S/C17H22ClN3O/c1-4-14(9-13-5-7-15(18)8-6-13)16(12(2)3)10-21-11-19-17(22)20-21/h5-9,11-12,16H,4,10H2,1-3H3,(H,20,22)/b14-9+. The maximum Gasteiger partial charge on any atom is 0.361 e. The summed E-state index contributed by atoms with van der Waals surface area (Å²) in [5.41, 5.74) is 2.19. The van der Waals surface area contributed by atoms with Crippen molar-refractivity contribution < 1.29 is 0 Å². The number of nitrogens with zero attached hydrogens (tertiary/aromatic N) is 2. The second kappa shape index (κ2) is 7.45. The lowest BCUT2D eigenvalue weighted by Crippen LogP contribution is -2.20. The minimum absolute atomic E-state index is 0.303. The summed E-state index contributed by atoms with van der Waals surface area (Å²) >= 11 is 5.94. The van der Waals surface area contributed by atoms with Crippen LogP contribution in [0.2, 0.25) is 5.02 Å². The van der Waals surface area contributed by atoms with Gasteiger partial charge in [-0.25, -0.2) is 9.89 Å². The number of benzene rings is 1. The Balaban J connectivity index is 2.27. The number of aromatic amines is 1. The maximum atomic E-state index is 11.2. The molecule has 0 radical (unpaired) electrons. The van der Waals surface area contributed by atoms with E-state index in [-0.39, 0.29) is 5.69 Å². The number of hydrogen-bond donors (Lipinski definition) is 1. The molecule has 1 unspecified atom stereocenters. The highest BCUT2D eigenvalue weighted by molar-refractivity contribution is 6.30. The first-order valence-corrected chi connectivity index (χ1v) is 7.95. The van der Waals surface area contributed by atoms with Crippen LogP contribution in [0, 0.1) is 11.8 Å². The van der Waals surface area contributed by atoms with Crippen LogP contribution in [-0.2, 0) is 6.54 Å². The molecule has 1 aromatic heterocycles. The molecule has 0 saturated heterocycles. The molecule has 0 spiro atoms. The topological polar surface area (TPSA) is 50.7 Å². The highest BCUT2D eigenvalue weighted by Crippen LogP contribution is 2.27. The molecule has 1 aromatic carbocycles. The van der Waals surface area contributed by atoms with Gasteiger partial charge >= 0.3 is 5.69 Å². The van der Waals surface area contributed by atoms with Crippen LogP contribution in [-0.4, -0.2) is 14.8 Å². The van der Waals surface area contributed by atoms with E-state index in [2.05, 4.69) is 36.9 Å². The zero-order valence-corrected chi connectivity index (χ0v) is 14.0. The lowest BCUT2D eigenvalue weighted by Gasteiger charge is -2.24. The van der Waals surface area contributed by atoms with Gasteiger partial charge in [-0.2, -0.15) is 4.98 Å². The van der Waals surface area contributed by atoms with Crippen molar-refractivity contribution in [2.45, 2.75) is 33.7 Å². The van der Waals surface area contributed by atoms with Gasteiger partial charge in [0.1, 0.15) is 6.33 Å². The predicted octanol–water partition coefficient (Wildman–Crippen LogP) is 3.99. The number of aromatic nitrogens is 3.